The molecule has 13 heteroatoms. The van der Waals surface area contributed by atoms with Crippen LogP contribution in [-0.4, -0.2) is 49.8 Å². The van der Waals surface area contributed by atoms with Gasteiger partial charge in [-0.05, 0) is 24.3 Å². The summed E-state index contributed by atoms with van der Waals surface area (Å²) in [4.78, 5) is 11.1. The number of anilines is 1. The van der Waals surface area contributed by atoms with Crippen molar-refractivity contribution in [3.05, 3.63) is 41.7 Å². The summed E-state index contributed by atoms with van der Waals surface area (Å²) in [7, 11) is 2.95. The third-order valence-electron chi connectivity index (χ3n) is 3.80. The molecule has 2 rings (SSSR count). The van der Waals surface area contributed by atoms with Gasteiger partial charge in [0, 0.05) is 38.4 Å². The summed E-state index contributed by atoms with van der Waals surface area (Å²) in [6.45, 7) is -2.42. The highest BCUT2D eigenvalue weighted by atomic mass is 19.4. The average molecular weight is 448 g/mol. The molecule has 0 spiro atoms. The summed E-state index contributed by atoms with van der Waals surface area (Å²) in [5, 5.41) is 8.52. The molecular weight excluding hydrogens is 427 g/mol. The van der Waals surface area contributed by atoms with E-state index in [1.165, 1.54) is 26.3 Å². The lowest BCUT2D eigenvalue weighted by molar-refractivity contribution is -0.141. The third kappa shape index (κ3) is 7.75. The van der Waals surface area contributed by atoms with Gasteiger partial charge in [-0.15, -0.1) is 0 Å². The van der Waals surface area contributed by atoms with Gasteiger partial charge in [0.2, 0.25) is 5.95 Å². The highest BCUT2D eigenvalue weighted by Gasteiger charge is 2.32. The number of nitrogens with zero attached hydrogens (tertiary/aromatic N) is 3. The van der Waals surface area contributed by atoms with E-state index in [0.29, 0.717) is 17.3 Å². The molecule has 1 aromatic carbocycles. The zero-order valence-corrected chi connectivity index (χ0v) is 16.6. The number of alkyl halides is 5. The Morgan fingerprint density at radius 1 is 1.16 bits per heavy atom. The number of rotatable bonds is 9. The molecule has 0 radical (unpaired) electrons. The molecule has 0 fully saturated rings. The van der Waals surface area contributed by atoms with Crippen molar-refractivity contribution in [1.82, 2.24) is 20.6 Å². The van der Waals surface area contributed by atoms with Gasteiger partial charge in [0.15, 0.2) is 5.96 Å². The maximum Gasteiger partial charge on any atom is 0.433 e. The molecule has 31 heavy (non-hydrogen) atoms. The second-order valence-corrected chi connectivity index (χ2v) is 5.89. The van der Waals surface area contributed by atoms with Gasteiger partial charge in [-0.3, -0.25) is 4.99 Å². The van der Waals surface area contributed by atoms with Gasteiger partial charge < -0.3 is 25.4 Å². The van der Waals surface area contributed by atoms with Gasteiger partial charge in [0.05, 0.1) is 7.11 Å². The lowest BCUT2D eigenvalue weighted by atomic mass is 10.2. The molecule has 0 saturated heterocycles. The van der Waals surface area contributed by atoms with Crippen LogP contribution in [0.25, 0.3) is 0 Å². The summed E-state index contributed by atoms with van der Waals surface area (Å²) in [6, 6.07) is 5.19. The Bertz CT molecular complexity index is 879. The van der Waals surface area contributed by atoms with E-state index >= 15 is 0 Å². The second-order valence-electron chi connectivity index (χ2n) is 5.89. The van der Waals surface area contributed by atoms with Gasteiger partial charge in [-0.25, -0.2) is 9.97 Å². The number of halogens is 5. The van der Waals surface area contributed by atoms with Gasteiger partial charge in [-0.1, -0.05) is 0 Å². The van der Waals surface area contributed by atoms with Crippen molar-refractivity contribution in [2.24, 2.45) is 4.99 Å². The third-order valence-corrected chi connectivity index (χ3v) is 3.80. The normalized spacial score (nSPS) is 11.9. The largest absolute Gasteiger partial charge is 0.497 e. The van der Waals surface area contributed by atoms with Crippen LogP contribution in [0.1, 0.15) is 11.3 Å². The number of aliphatic imine (C=N–C) groups is 1. The molecule has 0 aliphatic rings. The van der Waals surface area contributed by atoms with E-state index in [1.807, 2.05) is 0 Å². The smallest absolute Gasteiger partial charge is 0.433 e. The first-order valence-electron chi connectivity index (χ1n) is 8.93. The van der Waals surface area contributed by atoms with E-state index in [0.717, 1.165) is 12.3 Å². The van der Waals surface area contributed by atoms with Crippen molar-refractivity contribution < 1.29 is 31.4 Å². The first-order valence-corrected chi connectivity index (χ1v) is 8.93. The van der Waals surface area contributed by atoms with Crippen LogP contribution >= 0.6 is 0 Å². The van der Waals surface area contributed by atoms with Gasteiger partial charge >= 0.3 is 12.8 Å². The Labute approximate surface area is 174 Å². The summed E-state index contributed by atoms with van der Waals surface area (Å²) >= 11 is 0. The van der Waals surface area contributed by atoms with Crippen molar-refractivity contribution in [1.29, 1.82) is 0 Å². The van der Waals surface area contributed by atoms with Crippen molar-refractivity contribution in [2.45, 2.75) is 19.3 Å². The Morgan fingerprint density at radius 3 is 2.58 bits per heavy atom. The monoisotopic (exact) mass is 448 g/mol. The first kappa shape index (κ1) is 23.9. The molecule has 1 heterocycles. The number of guanidine groups is 1. The van der Waals surface area contributed by atoms with Gasteiger partial charge in [-0.2, -0.15) is 22.0 Å². The molecule has 0 atom stereocenters. The SMILES string of the molecule is CN=C(NCCNc1nccc(C(F)(F)F)n1)NCc1cc(OC)ccc1OC(F)F. The van der Waals surface area contributed by atoms with Crippen molar-refractivity contribution >= 4 is 11.9 Å². The summed E-state index contributed by atoms with van der Waals surface area (Å²) in [5.41, 5.74) is -0.631. The van der Waals surface area contributed by atoms with E-state index in [4.69, 9.17) is 4.74 Å². The van der Waals surface area contributed by atoms with E-state index in [-0.39, 0.29) is 31.3 Å². The molecule has 8 nitrogen and oxygen atoms in total. The van der Waals surface area contributed by atoms with Crippen LogP contribution in [-0.2, 0) is 12.7 Å². The average Bonchev–Trinajstić information content (AvgIpc) is 2.73. The molecule has 170 valence electrons. The van der Waals surface area contributed by atoms with Crippen LogP contribution in [0.15, 0.2) is 35.5 Å². The Balaban J connectivity index is 1.87. The molecule has 0 saturated carbocycles. The van der Waals surface area contributed by atoms with Crippen LogP contribution in [0.3, 0.4) is 0 Å². The van der Waals surface area contributed by atoms with Crippen molar-refractivity contribution in [3.8, 4) is 11.5 Å². The van der Waals surface area contributed by atoms with Gasteiger partial charge in [0.25, 0.3) is 0 Å². The molecule has 0 bridgehead atoms. The minimum absolute atomic E-state index is 0.0119. The van der Waals surface area contributed by atoms with E-state index in [1.54, 1.807) is 6.07 Å². The maximum absolute atomic E-state index is 12.7. The topological polar surface area (TPSA) is 92.7 Å². The van der Waals surface area contributed by atoms with Crippen molar-refractivity contribution in [2.75, 3.05) is 32.6 Å². The quantitative estimate of drug-likeness (QED) is 0.235. The number of aromatic nitrogens is 2. The zero-order chi connectivity index (χ0) is 22.9. The minimum Gasteiger partial charge on any atom is -0.497 e. The fourth-order valence-corrected chi connectivity index (χ4v) is 2.39. The fourth-order valence-electron chi connectivity index (χ4n) is 2.39. The fraction of sp³-hybridized carbons (Fsp3) is 0.389. The number of hydrogen-bond acceptors (Lipinski definition) is 6. The highest BCUT2D eigenvalue weighted by Crippen LogP contribution is 2.27. The Morgan fingerprint density at radius 2 is 1.94 bits per heavy atom. The summed E-state index contributed by atoms with van der Waals surface area (Å²) in [6.07, 6.45) is -3.55. The van der Waals surface area contributed by atoms with E-state index in [9.17, 15) is 22.0 Å². The standard InChI is InChI=1S/C18H21F5N6O2/c1-24-16(26-7-8-27-17-25-6-5-14(29-17)18(21,22)23)28-10-11-9-12(30-2)3-4-13(11)31-15(19)20/h3-6,9,15H,7-8,10H2,1-2H3,(H2,24,26,28)(H,25,27,29). The minimum atomic E-state index is -4.56. The Kier molecular flexibility index (Phi) is 8.58. The molecule has 1 aromatic heterocycles. The molecule has 0 amide bonds. The maximum atomic E-state index is 12.7. The van der Waals surface area contributed by atoms with Gasteiger partial charge in [0.1, 0.15) is 17.2 Å². The number of ether oxygens (including phenoxy) is 2. The lowest BCUT2D eigenvalue weighted by Crippen LogP contribution is -2.39. The summed E-state index contributed by atoms with van der Waals surface area (Å²) in [5.74, 6) is 0.621. The number of hydrogen-bond donors (Lipinski definition) is 3. The van der Waals surface area contributed by atoms with Crippen molar-refractivity contribution in [3.63, 3.8) is 0 Å². The molecule has 0 aliphatic heterocycles. The summed E-state index contributed by atoms with van der Waals surface area (Å²) < 4.78 is 72.8. The van der Waals surface area contributed by atoms with Crippen LogP contribution < -0.4 is 25.4 Å². The first-order chi connectivity index (χ1) is 14.7. The van der Waals surface area contributed by atoms with Crippen LogP contribution in [0.2, 0.25) is 0 Å². The van der Waals surface area contributed by atoms with E-state index in [2.05, 4.69) is 35.6 Å². The highest BCUT2D eigenvalue weighted by molar-refractivity contribution is 5.79. The number of nitrogens with one attached hydrogen (secondary N) is 3. The predicted molar refractivity (Wildman–Crippen MR) is 103 cm³/mol. The van der Waals surface area contributed by atoms with Crippen LogP contribution in [0.4, 0.5) is 27.9 Å². The number of benzene rings is 1. The number of methoxy groups -OCH3 is 1. The molecule has 3 N–H and O–H groups in total. The lowest BCUT2D eigenvalue weighted by Gasteiger charge is -2.15. The molecule has 0 aliphatic carbocycles. The second kappa shape index (κ2) is 11.1. The zero-order valence-electron chi connectivity index (χ0n) is 16.6. The molecule has 2 aromatic rings. The van der Waals surface area contributed by atoms with Crippen LogP contribution in [0, 0.1) is 0 Å². The molecule has 0 unspecified atom stereocenters. The molecular formula is C18H21F5N6O2. The van der Waals surface area contributed by atoms with E-state index < -0.39 is 18.5 Å². The van der Waals surface area contributed by atoms with Crippen LogP contribution in [0.5, 0.6) is 11.5 Å². The predicted octanol–water partition coefficient (Wildman–Crippen LogP) is 2.88. The Hall–Kier alpha value is -3.38.